The fourth-order valence-electron chi connectivity index (χ4n) is 9.49. The van der Waals surface area contributed by atoms with E-state index in [0.29, 0.717) is 0 Å². The number of benzene rings is 7. The van der Waals surface area contributed by atoms with Gasteiger partial charge in [-0.1, -0.05) is 109 Å². The molecule has 0 aliphatic carbocycles. The second-order valence-corrected chi connectivity index (χ2v) is 17.2. The Hall–Kier alpha value is -8.19. The molecule has 6 heteroatoms. The quantitative estimate of drug-likeness (QED) is 0.168. The van der Waals surface area contributed by atoms with Crippen molar-refractivity contribution in [2.24, 2.45) is 0 Å². The zero-order valence-corrected chi connectivity index (χ0v) is 34.7. The van der Waals surface area contributed by atoms with E-state index in [1.807, 2.05) is 30.7 Å². The summed E-state index contributed by atoms with van der Waals surface area (Å²) in [5, 5.41) is 5.95. The van der Waals surface area contributed by atoms with Crippen LogP contribution >= 0.6 is 11.3 Å². The molecule has 6 heterocycles. The van der Waals surface area contributed by atoms with Crippen LogP contribution in [0.25, 0.3) is 120 Å². The summed E-state index contributed by atoms with van der Waals surface area (Å²) < 4.78 is 7.15. The average Bonchev–Trinajstić information content (AvgIpc) is 4.01. The van der Waals surface area contributed by atoms with Crippen LogP contribution in [0.15, 0.2) is 213 Å². The molecule has 13 aromatic rings. The van der Waals surface area contributed by atoms with E-state index in [9.17, 15) is 0 Å². The number of pyridine rings is 3. The second-order valence-electron chi connectivity index (χ2n) is 16.1. The minimum absolute atomic E-state index is 0.882. The number of nitrogens with zero attached hydrogens (tertiary/aromatic N) is 5. The predicted octanol–water partition coefficient (Wildman–Crippen LogP) is 15.1. The van der Waals surface area contributed by atoms with Crippen LogP contribution in [0.1, 0.15) is 0 Å². The van der Waals surface area contributed by atoms with Gasteiger partial charge in [-0.3, -0.25) is 14.5 Å². The van der Waals surface area contributed by atoms with Gasteiger partial charge in [-0.05, 0) is 107 Å². The summed E-state index contributed by atoms with van der Waals surface area (Å²) in [6.45, 7) is 0. The smallest absolute Gasteiger partial charge is 0.138 e. The van der Waals surface area contributed by atoms with E-state index in [-0.39, 0.29) is 0 Å². The van der Waals surface area contributed by atoms with Crippen LogP contribution in [0, 0.1) is 0 Å². The van der Waals surface area contributed by atoms with Crippen molar-refractivity contribution in [3.8, 4) is 56.1 Å². The summed E-state index contributed by atoms with van der Waals surface area (Å²) in [6.07, 6.45) is 5.84. The fraction of sp³-hybridized carbons (Fsp3) is 0. The van der Waals surface area contributed by atoms with E-state index < -0.39 is 0 Å². The number of para-hydroxylation sites is 2. The lowest BCUT2D eigenvalue weighted by molar-refractivity contribution is 1.08. The van der Waals surface area contributed by atoms with Gasteiger partial charge in [0.1, 0.15) is 5.82 Å². The maximum absolute atomic E-state index is 5.33. The lowest BCUT2D eigenvalue weighted by Crippen LogP contribution is -2.00. The summed E-state index contributed by atoms with van der Waals surface area (Å²) >= 11 is 1.79. The van der Waals surface area contributed by atoms with Crippen LogP contribution in [0.2, 0.25) is 0 Å². The van der Waals surface area contributed by atoms with Gasteiger partial charge in [-0.25, -0.2) is 4.98 Å². The van der Waals surface area contributed by atoms with E-state index in [1.54, 1.807) is 11.3 Å². The number of aromatic nitrogens is 5. The molecular weight excluding hydrogens is 787 g/mol. The largest absolute Gasteiger partial charge is 0.309 e. The minimum atomic E-state index is 0.882. The van der Waals surface area contributed by atoms with E-state index >= 15 is 0 Å². The minimum Gasteiger partial charge on any atom is -0.309 e. The molecule has 0 bridgehead atoms. The van der Waals surface area contributed by atoms with Crippen LogP contribution in [-0.2, 0) is 0 Å². The highest BCUT2D eigenvalue weighted by Crippen LogP contribution is 2.40. The molecular formula is C57H35N5S. The van der Waals surface area contributed by atoms with Crippen molar-refractivity contribution in [2.75, 3.05) is 0 Å². The van der Waals surface area contributed by atoms with Crippen LogP contribution in [0.5, 0.6) is 0 Å². The van der Waals surface area contributed by atoms with Crippen LogP contribution in [0.3, 0.4) is 0 Å². The van der Waals surface area contributed by atoms with Gasteiger partial charge in [0.2, 0.25) is 0 Å². The molecule has 63 heavy (non-hydrogen) atoms. The highest BCUT2D eigenvalue weighted by atomic mass is 32.1. The number of hydrogen-bond acceptors (Lipinski definition) is 4. The molecule has 0 saturated carbocycles. The predicted molar refractivity (Wildman–Crippen MR) is 263 cm³/mol. The standard InChI is InChI=1S/C57H35N5S/c1-3-12-36(13-4-1)40-31-49(37-14-5-2-6-15-37)60-56(32-40)62-51-19-10-8-17-45(51)47-30-39(22-25-53(47)62)42-28-41(34-58-35-42)38-21-24-52-46(29-38)44-16-7-9-18-50(44)61(52)43-23-26-54-48(33-43)57-55(63-54)20-11-27-59-57/h1-35H. The summed E-state index contributed by atoms with van der Waals surface area (Å²) in [5.41, 5.74) is 15.4. The Labute approximate surface area is 366 Å². The molecule has 5 nitrogen and oxygen atoms in total. The SMILES string of the molecule is c1ccc(-c2cc(-c3ccccc3)nc(-n3c4ccccc4c4cc(-c5cncc(-c6ccc7c(c6)c6ccccc6n7-c6ccc7sc8cccnc8c7c6)c5)ccc43)c2)cc1. The second kappa shape index (κ2) is 14.2. The molecule has 0 radical (unpaired) electrons. The summed E-state index contributed by atoms with van der Waals surface area (Å²) in [4.78, 5) is 14.9. The highest BCUT2D eigenvalue weighted by Gasteiger charge is 2.18. The molecule has 294 valence electrons. The van der Waals surface area contributed by atoms with Crippen LogP contribution < -0.4 is 0 Å². The van der Waals surface area contributed by atoms with Crippen molar-refractivity contribution < 1.29 is 0 Å². The number of rotatable bonds is 6. The first-order valence-corrected chi connectivity index (χ1v) is 22.0. The molecule has 7 aromatic carbocycles. The van der Waals surface area contributed by atoms with Gasteiger partial charge in [-0.2, -0.15) is 0 Å². The van der Waals surface area contributed by atoms with Gasteiger partial charge in [0.25, 0.3) is 0 Å². The molecule has 0 N–H and O–H groups in total. The van der Waals surface area contributed by atoms with Crippen molar-refractivity contribution in [3.05, 3.63) is 213 Å². The molecule has 0 aliphatic rings. The van der Waals surface area contributed by atoms with E-state index in [0.717, 1.165) is 78.2 Å². The van der Waals surface area contributed by atoms with Gasteiger partial charge in [0, 0.05) is 72.6 Å². The van der Waals surface area contributed by atoms with E-state index in [4.69, 9.17) is 15.0 Å². The van der Waals surface area contributed by atoms with Gasteiger partial charge >= 0.3 is 0 Å². The van der Waals surface area contributed by atoms with Crippen LogP contribution in [0.4, 0.5) is 0 Å². The summed E-state index contributed by atoms with van der Waals surface area (Å²) in [5.74, 6) is 0.882. The maximum atomic E-state index is 5.33. The molecule has 0 unspecified atom stereocenters. The Morgan fingerprint density at radius 1 is 0.365 bits per heavy atom. The van der Waals surface area contributed by atoms with Crippen molar-refractivity contribution in [1.82, 2.24) is 24.1 Å². The Kier molecular flexibility index (Phi) is 8.01. The normalized spacial score (nSPS) is 11.8. The molecule has 13 rings (SSSR count). The van der Waals surface area contributed by atoms with Gasteiger partial charge in [0.05, 0.1) is 38.0 Å². The van der Waals surface area contributed by atoms with Crippen molar-refractivity contribution in [3.63, 3.8) is 0 Å². The molecule has 0 atom stereocenters. The lowest BCUT2D eigenvalue weighted by Gasteiger charge is -2.13. The van der Waals surface area contributed by atoms with Crippen molar-refractivity contribution in [2.45, 2.75) is 0 Å². The molecule has 6 aromatic heterocycles. The first kappa shape index (κ1) is 35.6. The molecule has 0 fully saturated rings. The van der Waals surface area contributed by atoms with Gasteiger partial charge in [-0.15, -0.1) is 11.3 Å². The average molecular weight is 822 g/mol. The van der Waals surface area contributed by atoms with Crippen LogP contribution in [-0.4, -0.2) is 24.1 Å². The molecule has 0 aliphatic heterocycles. The fourth-order valence-corrected chi connectivity index (χ4v) is 10.5. The van der Waals surface area contributed by atoms with Crippen molar-refractivity contribution in [1.29, 1.82) is 0 Å². The number of thiophene rings is 1. The Morgan fingerprint density at radius 2 is 0.984 bits per heavy atom. The van der Waals surface area contributed by atoms with Crippen molar-refractivity contribution >= 4 is 75.3 Å². The molecule has 0 amide bonds. The molecule has 0 spiro atoms. The third kappa shape index (κ3) is 5.80. The molecule has 0 saturated heterocycles. The summed E-state index contributed by atoms with van der Waals surface area (Å²) in [6, 6.07) is 69.6. The third-order valence-corrected chi connectivity index (χ3v) is 13.6. The monoisotopic (exact) mass is 821 g/mol. The summed E-state index contributed by atoms with van der Waals surface area (Å²) in [7, 11) is 0. The van der Waals surface area contributed by atoms with Gasteiger partial charge < -0.3 is 4.57 Å². The maximum Gasteiger partial charge on any atom is 0.138 e. The number of fused-ring (bicyclic) bond motifs is 9. The topological polar surface area (TPSA) is 48.5 Å². The first-order valence-electron chi connectivity index (χ1n) is 21.2. The zero-order chi connectivity index (χ0) is 41.4. The van der Waals surface area contributed by atoms with E-state index in [1.165, 1.54) is 41.8 Å². The van der Waals surface area contributed by atoms with E-state index in [2.05, 4.69) is 191 Å². The zero-order valence-electron chi connectivity index (χ0n) is 33.9. The Morgan fingerprint density at radius 3 is 1.70 bits per heavy atom. The Bertz CT molecular complexity index is 3860. The third-order valence-electron chi connectivity index (χ3n) is 12.4. The number of hydrogen-bond donors (Lipinski definition) is 0. The Balaban J connectivity index is 0.920. The lowest BCUT2D eigenvalue weighted by atomic mass is 9.99. The first-order chi connectivity index (χ1) is 31.2. The van der Waals surface area contributed by atoms with Gasteiger partial charge in [0.15, 0.2) is 0 Å². The highest BCUT2D eigenvalue weighted by molar-refractivity contribution is 7.25.